The van der Waals surface area contributed by atoms with E-state index in [-0.39, 0.29) is 18.4 Å². The summed E-state index contributed by atoms with van der Waals surface area (Å²) in [5.74, 6) is -0.933. The highest BCUT2D eigenvalue weighted by molar-refractivity contribution is 6.01. The van der Waals surface area contributed by atoms with Gasteiger partial charge in [0.25, 0.3) is 0 Å². The van der Waals surface area contributed by atoms with Gasteiger partial charge in [-0.25, -0.2) is 0 Å². The van der Waals surface area contributed by atoms with Crippen LogP contribution >= 0.6 is 0 Å². The van der Waals surface area contributed by atoms with Gasteiger partial charge in [-0.1, -0.05) is 0 Å². The largest absolute Gasteiger partial charge is 0.481 e. The number of aliphatic hydroxyl groups excluding tert-OH is 1. The summed E-state index contributed by atoms with van der Waals surface area (Å²) in [5, 5.41) is 18.1. The van der Waals surface area contributed by atoms with Crippen molar-refractivity contribution in [3.05, 3.63) is 23.8 Å². The Morgan fingerprint density at radius 1 is 1.27 bits per heavy atom. The van der Waals surface area contributed by atoms with E-state index in [2.05, 4.69) is 4.90 Å². The minimum Gasteiger partial charge on any atom is -0.481 e. The molecule has 2 N–H and O–H groups in total. The fraction of sp³-hybridized carbons (Fsp3) is 0.500. The number of fused-ring (bicyclic) bond motifs is 1. The number of carboxylic acid groups (broad SMARTS) is 1. The number of anilines is 2. The van der Waals surface area contributed by atoms with Gasteiger partial charge in [-0.05, 0) is 36.6 Å². The predicted octanol–water partition coefficient (Wildman–Crippen LogP) is 0.869. The Balaban J connectivity index is 1.74. The van der Waals surface area contributed by atoms with E-state index in [0.717, 1.165) is 30.0 Å². The number of piperidine rings is 1. The molecule has 0 atom stereocenters. The van der Waals surface area contributed by atoms with Crippen LogP contribution in [0.1, 0.15) is 18.4 Å². The number of aliphatic carboxylic acids is 1. The quantitative estimate of drug-likeness (QED) is 0.862. The Morgan fingerprint density at radius 3 is 2.64 bits per heavy atom. The number of carbonyl (C=O) groups is 2. The summed E-state index contributed by atoms with van der Waals surface area (Å²) < 4.78 is 0. The Morgan fingerprint density at radius 2 is 2.00 bits per heavy atom. The van der Waals surface area contributed by atoms with Crippen LogP contribution in [0, 0.1) is 5.92 Å². The Bertz CT molecular complexity index is 594. The maximum atomic E-state index is 12.0. The first-order valence-electron chi connectivity index (χ1n) is 7.62. The fourth-order valence-corrected chi connectivity index (χ4v) is 3.30. The van der Waals surface area contributed by atoms with Gasteiger partial charge in [-0.2, -0.15) is 0 Å². The van der Waals surface area contributed by atoms with E-state index in [1.807, 2.05) is 18.2 Å². The van der Waals surface area contributed by atoms with Gasteiger partial charge in [0.05, 0.1) is 18.9 Å². The normalized spacial score (nSPS) is 18.7. The van der Waals surface area contributed by atoms with Crippen molar-refractivity contribution in [3.8, 4) is 0 Å². The second kappa shape index (κ2) is 5.96. The number of carbonyl (C=O) groups excluding carboxylic acids is 1. The molecule has 0 aromatic heterocycles. The molecule has 1 aromatic rings. The van der Waals surface area contributed by atoms with Crippen molar-refractivity contribution in [1.82, 2.24) is 0 Å². The molecule has 0 spiro atoms. The molecule has 2 aliphatic heterocycles. The lowest BCUT2D eigenvalue weighted by atomic mass is 9.96. The van der Waals surface area contributed by atoms with E-state index in [4.69, 9.17) is 10.2 Å². The predicted molar refractivity (Wildman–Crippen MR) is 82.2 cm³/mol. The van der Waals surface area contributed by atoms with E-state index < -0.39 is 5.97 Å². The second-order valence-corrected chi connectivity index (χ2v) is 5.86. The molecule has 6 nitrogen and oxygen atoms in total. The highest BCUT2D eigenvalue weighted by atomic mass is 16.4. The van der Waals surface area contributed by atoms with Gasteiger partial charge < -0.3 is 20.0 Å². The number of nitrogens with zero attached hydrogens (tertiary/aromatic N) is 2. The average molecular weight is 304 g/mol. The molecule has 1 amide bonds. The van der Waals surface area contributed by atoms with Crippen molar-refractivity contribution >= 4 is 23.3 Å². The molecule has 0 radical (unpaired) electrons. The van der Waals surface area contributed by atoms with Crippen LogP contribution in [0.2, 0.25) is 0 Å². The summed E-state index contributed by atoms with van der Waals surface area (Å²) >= 11 is 0. The highest BCUT2D eigenvalue weighted by Gasteiger charge is 2.29. The van der Waals surface area contributed by atoms with Crippen molar-refractivity contribution in [2.24, 2.45) is 5.92 Å². The van der Waals surface area contributed by atoms with Crippen molar-refractivity contribution in [3.63, 3.8) is 0 Å². The molecular formula is C16H20N2O4. The van der Waals surface area contributed by atoms with E-state index in [0.29, 0.717) is 25.8 Å². The first-order chi connectivity index (χ1) is 10.6. The molecule has 1 aromatic carbocycles. The van der Waals surface area contributed by atoms with Crippen molar-refractivity contribution < 1.29 is 19.8 Å². The minimum atomic E-state index is -0.709. The lowest BCUT2D eigenvalue weighted by molar-refractivity contribution is -0.142. The third kappa shape index (κ3) is 2.66. The fourth-order valence-electron chi connectivity index (χ4n) is 3.30. The number of β-amino-alcohol motifs (C(OH)–C–C–N with tert-alkyl or cyclic N) is 1. The zero-order chi connectivity index (χ0) is 15.7. The van der Waals surface area contributed by atoms with Crippen molar-refractivity contribution in [1.29, 1.82) is 0 Å². The summed E-state index contributed by atoms with van der Waals surface area (Å²) in [5.41, 5.74) is 2.90. The van der Waals surface area contributed by atoms with Crippen LogP contribution < -0.4 is 9.80 Å². The molecule has 0 unspecified atom stereocenters. The van der Waals surface area contributed by atoms with Crippen LogP contribution in [-0.4, -0.2) is 48.3 Å². The lowest BCUT2D eigenvalue weighted by Gasteiger charge is -2.32. The number of rotatable bonds is 4. The molecule has 2 heterocycles. The smallest absolute Gasteiger partial charge is 0.306 e. The number of amides is 1. The number of aliphatic hydroxyl groups is 1. The van der Waals surface area contributed by atoms with Gasteiger partial charge in [0.2, 0.25) is 5.91 Å². The molecule has 22 heavy (non-hydrogen) atoms. The molecule has 2 aliphatic rings. The molecule has 3 rings (SSSR count). The number of carboxylic acids is 1. The lowest BCUT2D eigenvalue weighted by Crippen LogP contribution is -2.36. The number of benzene rings is 1. The van der Waals surface area contributed by atoms with Crippen LogP contribution in [0.4, 0.5) is 11.4 Å². The third-order valence-corrected chi connectivity index (χ3v) is 4.53. The summed E-state index contributed by atoms with van der Waals surface area (Å²) in [6.45, 7) is 1.74. The summed E-state index contributed by atoms with van der Waals surface area (Å²) in [6.07, 6.45) is 1.68. The minimum absolute atomic E-state index is 0.0192. The zero-order valence-corrected chi connectivity index (χ0v) is 12.4. The van der Waals surface area contributed by atoms with Crippen LogP contribution in [0.5, 0.6) is 0 Å². The molecular weight excluding hydrogens is 284 g/mol. The van der Waals surface area contributed by atoms with Gasteiger partial charge in [-0.3, -0.25) is 9.59 Å². The zero-order valence-electron chi connectivity index (χ0n) is 12.4. The molecule has 0 saturated carbocycles. The number of hydrogen-bond acceptors (Lipinski definition) is 4. The van der Waals surface area contributed by atoms with Crippen LogP contribution in [-0.2, 0) is 16.0 Å². The van der Waals surface area contributed by atoms with Gasteiger partial charge in [0, 0.05) is 31.0 Å². The standard InChI is InChI=1S/C16H20N2O4/c19-8-7-18-14-2-1-13(9-12(14)10-15(18)20)17-5-3-11(4-6-17)16(21)22/h1-2,9,11,19H,3-8,10H2,(H,21,22). The molecule has 118 valence electrons. The summed E-state index contributed by atoms with van der Waals surface area (Å²) in [4.78, 5) is 26.8. The monoisotopic (exact) mass is 304 g/mol. The molecule has 1 saturated heterocycles. The highest BCUT2D eigenvalue weighted by Crippen LogP contribution is 2.33. The van der Waals surface area contributed by atoms with Gasteiger partial charge in [0.1, 0.15) is 0 Å². The van der Waals surface area contributed by atoms with E-state index in [1.54, 1.807) is 4.90 Å². The molecule has 0 aliphatic carbocycles. The summed E-state index contributed by atoms with van der Waals surface area (Å²) in [6, 6.07) is 5.92. The maximum Gasteiger partial charge on any atom is 0.306 e. The molecule has 6 heteroatoms. The first-order valence-corrected chi connectivity index (χ1v) is 7.62. The van der Waals surface area contributed by atoms with Crippen LogP contribution in [0.25, 0.3) is 0 Å². The third-order valence-electron chi connectivity index (χ3n) is 4.53. The molecule has 0 bridgehead atoms. The summed E-state index contributed by atoms with van der Waals surface area (Å²) in [7, 11) is 0. The van der Waals surface area contributed by atoms with Gasteiger partial charge in [-0.15, -0.1) is 0 Å². The van der Waals surface area contributed by atoms with E-state index >= 15 is 0 Å². The average Bonchev–Trinajstić information content (AvgIpc) is 2.83. The second-order valence-electron chi connectivity index (χ2n) is 5.86. The maximum absolute atomic E-state index is 12.0. The van der Waals surface area contributed by atoms with Gasteiger partial charge in [0.15, 0.2) is 0 Å². The van der Waals surface area contributed by atoms with Gasteiger partial charge >= 0.3 is 5.97 Å². The van der Waals surface area contributed by atoms with E-state index in [1.165, 1.54) is 0 Å². The molecule has 1 fully saturated rings. The SMILES string of the molecule is O=C(O)C1CCN(c2ccc3c(c2)CC(=O)N3CCO)CC1. The first kappa shape index (κ1) is 14.8. The topological polar surface area (TPSA) is 81.1 Å². The van der Waals surface area contributed by atoms with Crippen molar-refractivity contribution in [2.75, 3.05) is 36.0 Å². The number of hydrogen-bond donors (Lipinski definition) is 2. The van der Waals surface area contributed by atoms with Crippen molar-refractivity contribution in [2.45, 2.75) is 19.3 Å². The Kier molecular flexibility index (Phi) is 4.02. The van der Waals surface area contributed by atoms with Crippen LogP contribution in [0.3, 0.4) is 0 Å². The van der Waals surface area contributed by atoms with E-state index in [9.17, 15) is 9.59 Å². The Hall–Kier alpha value is -2.08. The Labute approximate surface area is 129 Å². The van der Waals surface area contributed by atoms with Crippen LogP contribution in [0.15, 0.2) is 18.2 Å².